The van der Waals surface area contributed by atoms with Gasteiger partial charge in [0.1, 0.15) is 0 Å². The minimum atomic E-state index is 1.15. The van der Waals surface area contributed by atoms with Crippen molar-refractivity contribution in [2.24, 2.45) is 0 Å². The van der Waals surface area contributed by atoms with Crippen molar-refractivity contribution in [2.45, 2.75) is 12.8 Å². The molecule has 3 aromatic rings. The molecular formula is C18H14S. The van der Waals surface area contributed by atoms with Gasteiger partial charge in [0.2, 0.25) is 0 Å². The average molecular weight is 262 g/mol. The Balaban J connectivity index is 1.96. The van der Waals surface area contributed by atoms with E-state index in [0.29, 0.717) is 0 Å². The summed E-state index contributed by atoms with van der Waals surface area (Å²) in [5.41, 5.74) is 4.31. The fourth-order valence-electron chi connectivity index (χ4n) is 2.88. The van der Waals surface area contributed by atoms with Crippen molar-refractivity contribution in [3.8, 4) is 0 Å². The second kappa shape index (κ2) is 4.36. The minimum Gasteiger partial charge on any atom is -0.135 e. The Morgan fingerprint density at radius 3 is 2.53 bits per heavy atom. The predicted octanol–water partition coefficient (Wildman–Crippen LogP) is 5.28. The number of thiophene rings is 1. The van der Waals surface area contributed by atoms with Crippen LogP contribution in [0.3, 0.4) is 0 Å². The molecule has 0 nitrogen and oxygen atoms in total. The molecule has 1 heterocycles. The molecular weight excluding hydrogens is 248 g/mol. The molecule has 0 radical (unpaired) electrons. The fourth-order valence-corrected chi connectivity index (χ4v) is 4.20. The third-order valence-corrected chi connectivity index (χ3v) is 5.02. The van der Waals surface area contributed by atoms with E-state index in [0.717, 1.165) is 6.42 Å². The van der Waals surface area contributed by atoms with Crippen molar-refractivity contribution in [3.05, 3.63) is 76.7 Å². The summed E-state index contributed by atoms with van der Waals surface area (Å²) in [6, 6.07) is 19.5. The van der Waals surface area contributed by atoms with E-state index < -0.39 is 0 Å². The zero-order valence-corrected chi connectivity index (χ0v) is 11.4. The molecule has 0 aliphatic heterocycles. The lowest BCUT2D eigenvalue weighted by Gasteiger charge is -2.14. The molecule has 0 N–H and O–H groups in total. The molecule has 1 aromatic heterocycles. The first-order valence-electron chi connectivity index (χ1n) is 6.70. The van der Waals surface area contributed by atoms with E-state index in [2.05, 4.69) is 60.7 Å². The van der Waals surface area contributed by atoms with Gasteiger partial charge in [-0.25, -0.2) is 0 Å². The van der Waals surface area contributed by atoms with E-state index in [1.54, 1.807) is 5.56 Å². The maximum absolute atomic E-state index is 2.40. The van der Waals surface area contributed by atoms with E-state index >= 15 is 0 Å². The molecule has 1 heteroatoms. The first kappa shape index (κ1) is 11.0. The van der Waals surface area contributed by atoms with Crippen LogP contribution >= 0.6 is 11.3 Å². The van der Waals surface area contributed by atoms with Crippen LogP contribution in [0.2, 0.25) is 0 Å². The number of fused-ring (bicyclic) bond motifs is 3. The van der Waals surface area contributed by atoms with Gasteiger partial charge in [-0.2, -0.15) is 0 Å². The lowest BCUT2D eigenvalue weighted by molar-refractivity contribution is 0.998. The Hall–Kier alpha value is -1.86. The summed E-state index contributed by atoms with van der Waals surface area (Å²) in [5, 5.41) is 1.45. The molecule has 0 unspecified atom stereocenters. The summed E-state index contributed by atoms with van der Waals surface area (Å²) >= 11 is 1.93. The maximum atomic E-state index is 2.40. The van der Waals surface area contributed by atoms with Crippen LogP contribution in [0.5, 0.6) is 0 Å². The molecule has 2 aromatic carbocycles. The third-order valence-electron chi connectivity index (χ3n) is 3.77. The molecule has 0 fully saturated rings. The van der Waals surface area contributed by atoms with Gasteiger partial charge in [-0.3, -0.25) is 0 Å². The summed E-state index contributed by atoms with van der Waals surface area (Å²) in [7, 11) is 0. The Labute approximate surface area is 117 Å². The smallest absolute Gasteiger partial charge is 0.0390 e. The minimum absolute atomic E-state index is 1.15. The van der Waals surface area contributed by atoms with Crippen molar-refractivity contribution in [3.63, 3.8) is 0 Å². The van der Waals surface area contributed by atoms with Gasteiger partial charge < -0.3 is 0 Å². The summed E-state index contributed by atoms with van der Waals surface area (Å²) in [5.74, 6) is 0. The number of rotatable bonds is 1. The molecule has 1 aliphatic rings. The highest BCUT2D eigenvalue weighted by molar-refractivity contribution is 7.20. The molecule has 1 aliphatic carbocycles. The van der Waals surface area contributed by atoms with Crippen molar-refractivity contribution < 1.29 is 0 Å². The zero-order chi connectivity index (χ0) is 12.7. The molecule has 19 heavy (non-hydrogen) atoms. The molecule has 0 bridgehead atoms. The molecule has 0 amide bonds. The Bertz CT molecular complexity index is 763. The monoisotopic (exact) mass is 262 g/mol. The second-order valence-corrected chi connectivity index (χ2v) is 5.98. The Morgan fingerprint density at radius 1 is 0.842 bits per heavy atom. The molecule has 92 valence electrons. The van der Waals surface area contributed by atoms with Crippen molar-refractivity contribution >= 4 is 27.0 Å². The Morgan fingerprint density at radius 2 is 1.63 bits per heavy atom. The fraction of sp³-hybridized carbons (Fsp3) is 0.111. The van der Waals surface area contributed by atoms with Crippen molar-refractivity contribution in [2.75, 3.05) is 0 Å². The van der Waals surface area contributed by atoms with Gasteiger partial charge in [0.25, 0.3) is 0 Å². The quantitative estimate of drug-likeness (QED) is 0.559. The highest BCUT2D eigenvalue weighted by atomic mass is 32.1. The molecule has 0 atom stereocenters. The zero-order valence-electron chi connectivity index (χ0n) is 10.6. The van der Waals surface area contributed by atoms with Crippen LogP contribution in [0.25, 0.3) is 15.7 Å². The van der Waals surface area contributed by atoms with E-state index in [4.69, 9.17) is 0 Å². The molecule has 4 rings (SSSR count). The van der Waals surface area contributed by atoms with Gasteiger partial charge in [-0.15, -0.1) is 11.3 Å². The van der Waals surface area contributed by atoms with Gasteiger partial charge in [-0.05, 0) is 41.0 Å². The van der Waals surface area contributed by atoms with Crippen LogP contribution < -0.4 is 0 Å². The first-order chi connectivity index (χ1) is 9.43. The highest BCUT2D eigenvalue weighted by Crippen LogP contribution is 2.41. The number of allylic oxidation sites excluding steroid dienone is 1. The van der Waals surface area contributed by atoms with Crippen LogP contribution in [-0.2, 0) is 6.42 Å². The van der Waals surface area contributed by atoms with Crippen LogP contribution in [-0.4, -0.2) is 0 Å². The summed E-state index contributed by atoms with van der Waals surface area (Å²) < 4.78 is 1.41. The van der Waals surface area contributed by atoms with E-state index in [-0.39, 0.29) is 0 Å². The largest absolute Gasteiger partial charge is 0.135 e. The Kier molecular flexibility index (Phi) is 2.52. The van der Waals surface area contributed by atoms with Crippen LogP contribution in [0, 0.1) is 0 Å². The normalized spacial score (nSPS) is 14.2. The summed E-state index contributed by atoms with van der Waals surface area (Å²) in [6.07, 6.45) is 4.72. The average Bonchev–Trinajstić information content (AvgIpc) is 2.87. The molecule has 0 saturated carbocycles. The third kappa shape index (κ3) is 1.73. The van der Waals surface area contributed by atoms with Gasteiger partial charge >= 0.3 is 0 Å². The summed E-state index contributed by atoms with van der Waals surface area (Å²) in [6.45, 7) is 0. The molecule has 0 spiro atoms. The van der Waals surface area contributed by atoms with Crippen LogP contribution in [0.4, 0.5) is 0 Å². The highest BCUT2D eigenvalue weighted by Gasteiger charge is 2.19. The van der Waals surface area contributed by atoms with Crippen LogP contribution in [0.15, 0.2) is 60.7 Å². The standard InChI is InChI=1S/C18H14S/c1-2-7-13(8-3-1)14-10-6-11-16-15-9-4-5-12-17(15)19-18(14)16/h1-5,7-10,12H,6,11H2. The SMILES string of the molecule is C1=C(c2ccccc2)c2sc3ccccc3c2CC1. The predicted molar refractivity (Wildman–Crippen MR) is 83.7 cm³/mol. The first-order valence-corrected chi connectivity index (χ1v) is 7.51. The lowest BCUT2D eigenvalue weighted by Crippen LogP contribution is -1.96. The van der Waals surface area contributed by atoms with E-state index in [1.165, 1.54) is 32.5 Å². The summed E-state index contributed by atoms with van der Waals surface area (Å²) in [4.78, 5) is 1.47. The number of hydrogen-bond donors (Lipinski definition) is 0. The number of aryl methyl sites for hydroxylation is 1. The number of hydrogen-bond acceptors (Lipinski definition) is 1. The maximum Gasteiger partial charge on any atom is 0.0390 e. The van der Waals surface area contributed by atoms with Crippen LogP contribution in [0.1, 0.15) is 22.4 Å². The van der Waals surface area contributed by atoms with Crippen molar-refractivity contribution in [1.82, 2.24) is 0 Å². The van der Waals surface area contributed by atoms with Gasteiger partial charge in [0.15, 0.2) is 0 Å². The van der Waals surface area contributed by atoms with Gasteiger partial charge in [0, 0.05) is 9.58 Å². The van der Waals surface area contributed by atoms with E-state index in [9.17, 15) is 0 Å². The van der Waals surface area contributed by atoms with Gasteiger partial charge in [-0.1, -0.05) is 54.6 Å². The number of benzene rings is 2. The topological polar surface area (TPSA) is 0 Å². The van der Waals surface area contributed by atoms with E-state index in [1.807, 2.05) is 11.3 Å². The van der Waals surface area contributed by atoms with Crippen molar-refractivity contribution in [1.29, 1.82) is 0 Å². The lowest BCUT2D eigenvalue weighted by atomic mass is 9.92. The van der Waals surface area contributed by atoms with Gasteiger partial charge in [0.05, 0.1) is 0 Å². The second-order valence-electron chi connectivity index (χ2n) is 4.93. The molecule has 0 saturated heterocycles.